The third-order valence-corrected chi connectivity index (χ3v) is 3.15. The first-order valence-corrected chi connectivity index (χ1v) is 6.43. The number of carbonyl (C=O) groups is 1. The van der Waals surface area contributed by atoms with E-state index in [1.165, 1.54) is 0 Å². The average Bonchev–Trinajstić information content (AvgIpc) is 2.38. The van der Waals surface area contributed by atoms with Crippen LogP contribution in [0.2, 0.25) is 0 Å². The maximum absolute atomic E-state index is 12.3. The normalized spacial score (nSPS) is 10.2. The van der Waals surface area contributed by atoms with Crippen LogP contribution in [0.4, 0.5) is 17.1 Å². The molecular formula is C16H19N3O. The van der Waals surface area contributed by atoms with Gasteiger partial charge in [0, 0.05) is 31.2 Å². The Morgan fingerprint density at radius 2 is 1.85 bits per heavy atom. The number of rotatable bonds is 3. The summed E-state index contributed by atoms with van der Waals surface area (Å²) in [5.74, 6) is -0.184. The van der Waals surface area contributed by atoms with Gasteiger partial charge in [-0.25, -0.2) is 0 Å². The van der Waals surface area contributed by atoms with E-state index in [0.29, 0.717) is 11.3 Å². The highest BCUT2D eigenvalue weighted by Gasteiger charge is 2.12. The van der Waals surface area contributed by atoms with Crippen molar-refractivity contribution in [3.05, 3.63) is 53.6 Å². The maximum Gasteiger partial charge on any atom is 0.258 e. The lowest BCUT2D eigenvalue weighted by molar-refractivity contribution is 0.102. The number of anilines is 3. The molecule has 0 aromatic heterocycles. The standard InChI is InChI=1S/C16H19N3O/c1-11-6-4-9-14(17)15(11)16(20)18-12-7-5-8-13(10-12)19(2)3/h4-10H,17H2,1-3H3,(H,18,20). The summed E-state index contributed by atoms with van der Waals surface area (Å²) in [6.07, 6.45) is 0. The first-order chi connectivity index (χ1) is 9.49. The third kappa shape index (κ3) is 2.91. The van der Waals surface area contributed by atoms with Gasteiger partial charge < -0.3 is 16.0 Å². The van der Waals surface area contributed by atoms with Crippen molar-refractivity contribution in [2.75, 3.05) is 30.0 Å². The molecule has 20 heavy (non-hydrogen) atoms. The number of nitrogens with two attached hydrogens (primary N) is 1. The molecule has 2 rings (SSSR count). The molecule has 0 bridgehead atoms. The summed E-state index contributed by atoms with van der Waals surface area (Å²) in [5, 5.41) is 2.89. The molecule has 2 aromatic rings. The molecule has 4 nitrogen and oxygen atoms in total. The van der Waals surface area contributed by atoms with Gasteiger partial charge in [-0.15, -0.1) is 0 Å². The topological polar surface area (TPSA) is 58.4 Å². The summed E-state index contributed by atoms with van der Waals surface area (Å²) in [4.78, 5) is 14.3. The molecule has 3 N–H and O–H groups in total. The molecule has 0 atom stereocenters. The number of hydrogen-bond donors (Lipinski definition) is 2. The Bertz CT molecular complexity index is 615. The van der Waals surface area contributed by atoms with Gasteiger partial charge in [-0.05, 0) is 36.8 Å². The molecule has 0 aliphatic rings. The molecule has 0 heterocycles. The van der Waals surface area contributed by atoms with Crippen molar-refractivity contribution in [1.82, 2.24) is 0 Å². The minimum absolute atomic E-state index is 0.184. The van der Waals surface area contributed by atoms with Crippen molar-refractivity contribution in [1.29, 1.82) is 0 Å². The van der Waals surface area contributed by atoms with Gasteiger partial charge in [-0.2, -0.15) is 0 Å². The average molecular weight is 269 g/mol. The van der Waals surface area contributed by atoms with Crippen LogP contribution in [0.25, 0.3) is 0 Å². The fourth-order valence-electron chi connectivity index (χ4n) is 2.06. The molecule has 0 spiro atoms. The van der Waals surface area contributed by atoms with Crippen LogP contribution in [0.5, 0.6) is 0 Å². The number of hydrogen-bond acceptors (Lipinski definition) is 3. The van der Waals surface area contributed by atoms with Crippen LogP contribution >= 0.6 is 0 Å². The van der Waals surface area contributed by atoms with Crippen LogP contribution in [0, 0.1) is 6.92 Å². The fraction of sp³-hybridized carbons (Fsp3) is 0.188. The highest BCUT2D eigenvalue weighted by Crippen LogP contribution is 2.21. The Hall–Kier alpha value is -2.49. The van der Waals surface area contributed by atoms with Crippen molar-refractivity contribution in [3.8, 4) is 0 Å². The largest absolute Gasteiger partial charge is 0.398 e. The SMILES string of the molecule is Cc1cccc(N)c1C(=O)Nc1cccc(N(C)C)c1. The van der Waals surface area contributed by atoms with Crippen molar-refractivity contribution < 1.29 is 4.79 Å². The molecule has 1 amide bonds. The van der Waals surface area contributed by atoms with E-state index >= 15 is 0 Å². The number of aryl methyl sites for hydroxylation is 1. The summed E-state index contributed by atoms with van der Waals surface area (Å²) in [6, 6.07) is 13.1. The van der Waals surface area contributed by atoms with Gasteiger partial charge in [-0.1, -0.05) is 18.2 Å². The lowest BCUT2D eigenvalue weighted by atomic mass is 10.1. The zero-order chi connectivity index (χ0) is 14.7. The fourth-order valence-corrected chi connectivity index (χ4v) is 2.06. The van der Waals surface area contributed by atoms with Crippen molar-refractivity contribution in [2.24, 2.45) is 0 Å². The van der Waals surface area contributed by atoms with Gasteiger partial charge in [0.1, 0.15) is 0 Å². The van der Waals surface area contributed by atoms with Crippen LogP contribution in [0.3, 0.4) is 0 Å². The molecule has 104 valence electrons. The number of nitrogens with one attached hydrogen (secondary N) is 1. The van der Waals surface area contributed by atoms with Crippen LogP contribution in [-0.4, -0.2) is 20.0 Å². The van der Waals surface area contributed by atoms with E-state index in [9.17, 15) is 4.79 Å². The molecule has 0 unspecified atom stereocenters. The number of nitrogens with zero attached hydrogens (tertiary/aromatic N) is 1. The van der Waals surface area contributed by atoms with Crippen LogP contribution in [0.15, 0.2) is 42.5 Å². The zero-order valence-corrected chi connectivity index (χ0v) is 12.0. The van der Waals surface area contributed by atoms with Gasteiger partial charge in [0.25, 0.3) is 5.91 Å². The number of nitrogen functional groups attached to an aromatic ring is 1. The van der Waals surface area contributed by atoms with Crippen LogP contribution in [0.1, 0.15) is 15.9 Å². The monoisotopic (exact) mass is 269 g/mol. The minimum Gasteiger partial charge on any atom is -0.398 e. The van der Waals surface area contributed by atoms with Crippen molar-refractivity contribution >= 4 is 23.0 Å². The van der Waals surface area contributed by atoms with Gasteiger partial charge in [0.2, 0.25) is 0 Å². The van der Waals surface area contributed by atoms with Crippen molar-refractivity contribution in [3.63, 3.8) is 0 Å². The zero-order valence-electron chi connectivity index (χ0n) is 12.0. The smallest absolute Gasteiger partial charge is 0.258 e. The Morgan fingerprint density at radius 3 is 2.50 bits per heavy atom. The summed E-state index contributed by atoms with van der Waals surface area (Å²) >= 11 is 0. The molecular weight excluding hydrogens is 250 g/mol. The van der Waals surface area contributed by atoms with E-state index in [4.69, 9.17) is 5.73 Å². The second kappa shape index (κ2) is 5.65. The van der Waals surface area contributed by atoms with Crippen LogP contribution < -0.4 is 16.0 Å². The third-order valence-electron chi connectivity index (χ3n) is 3.15. The Balaban J connectivity index is 2.26. The second-order valence-corrected chi connectivity index (χ2v) is 4.94. The molecule has 0 saturated heterocycles. The van der Waals surface area contributed by atoms with Crippen LogP contribution in [-0.2, 0) is 0 Å². The van der Waals surface area contributed by atoms with E-state index in [-0.39, 0.29) is 5.91 Å². The highest BCUT2D eigenvalue weighted by atomic mass is 16.1. The number of benzene rings is 2. The van der Waals surface area contributed by atoms with E-state index < -0.39 is 0 Å². The highest BCUT2D eigenvalue weighted by molar-refractivity contribution is 6.08. The first kappa shape index (κ1) is 13.9. The van der Waals surface area contributed by atoms with Crippen molar-refractivity contribution in [2.45, 2.75) is 6.92 Å². The molecule has 2 aromatic carbocycles. The summed E-state index contributed by atoms with van der Waals surface area (Å²) in [7, 11) is 3.92. The lowest BCUT2D eigenvalue weighted by Gasteiger charge is -2.15. The van der Waals surface area contributed by atoms with E-state index in [1.807, 2.05) is 62.3 Å². The quantitative estimate of drug-likeness (QED) is 0.842. The lowest BCUT2D eigenvalue weighted by Crippen LogP contribution is -2.16. The van der Waals surface area contributed by atoms with Gasteiger partial charge in [-0.3, -0.25) is 4.79 Å². The first-order valence-electron chi connectivity index (χ1n) is 6.43. The second-order valence-electron chi connectivity index (χ2n) is 4.94. The summed E-state index contributed by atoms with van der Waals surface area (Å²) in [5.41, 5.74) is 9.56. The molecule has 0 aliphatic carbocycles. The molecule has 0 saturated carbocycles. The number of amides is 1. The van der Waals surface area contributed by atoms with Gasteiger partial charge in [0.15, 0.2) is 0 Å². The summed E-state index contributed by atoms with van der Waals surface area (Å²) in [6.45, 7) is 1.88. The van der Waals surface area contributed by atoms with Gasteiger partial charge >= 0.3 is 0 Å². The van der Waals surface area contributed by atoms with E-state index in [2.05, 4.69) is 5.32 Å². The molecule has 4 heteroatoms. The Morgan fingerprint density at radius 1 is 1.15 bits per heavy atom. The summed E-state index contributed by atoms with van der Waals surface area (Å²) < 4.78 is 0. The molecule has 0 aliphatic heterocycles. The minimum atomic E-state index is -0.184. The van der Waals surface area contributed by atoms with E-state index in [0.717, 1.165) is 16.9 Å². The predicted octanol–water partition coefficient (Wildman–Crippen LogP) is 2.90. The Labute approximate surface area is 119 Å². The number of carbonyl (C=O) groups excluding carboxylic acids is 1. The van der Waals surface area contributed by atoms with E-state index in [1.54, 1.807) is 6.07 Å². The van der Waals surface area contributed by atoms with Gasteiger partial charge in [0.05, 0.1) is 5.56 Å². The Kier molecular flexibility index (Phi) is 3.94. The predicted molar refractivity (Wildman–Crippen MR) is 84.3 cm³/mol. The maximum atomic E-state index is 12.3. The molecule has 0 radical (unpaired) electrons. The molecule has 0 fully saturated rings.